The number of oxime groups is 1. The van der Waals surface area contributed by atoms with Crippen LogP contribution in [-0.2, 0) is 9.63 Å². The standard InChI is InChI=1S/C16H9ClF2N2O3/c1-21-13-5-3-2-4-8(13)14(15(21)22)20-24-16(23)9-6-11(18)12(19)7-10(9)17/h2-7H,1H3/b20-14-. The number of benzene rings is 2. The van der Waals surface area contributed by atoms with Gasteiger partial charge in [-0.25, -0.2) is 13.6 Å². The molecule has 0 saturated heterocycles. The van der Waals surface area contributed by atoms with E-state index in [0.717, 1.165) is 0 Å². The van der Waals surface area contributed by atoms with Crippen molar-refractivity contribution in [2.45, 2.75) is 0 Å². The zero-order chi connectivity index (χ0) is 17.4. The van der Waals surface area contributed by atoms with Crippen LogP contribution in [0.1, 0.15) is 15.9 Å². The Morgan fingerprint density at radius 3 is 2.62 bits per heavy atom. The predicted molar refractivity (Wildman–Crippen MR) is 83.2 cm³/mol. The third kappa shape index (κ3) is 2.63. The van der Waals surface area contributed by atoms with Gasteiger partial charge in [-0.05, 0) is 18.2 Å². The molecule has 3 rings (SSSR count). The van der Waals surface area contributed by atoms with Gasteiger partial charge in [-0.1, -0.05) is 35.0 Å². The molecule has 1 aliphatic rings. The Balaban J connectivity index is 1.90. The van der Waals surface area contributed by atoms with Gasteiger partial charge in [-0.15, -0.1) is 0 Å². The van der Waals surface area contributed by atoms with E-state index in [4.69, 9.17) is 16.4 Å². The molecule has 0 atom stereocenters. The summed E-state index contributed by atoms with van der Waals surface area (Å²) in [5.41, 5.74) is 0.643. The van der Waals surface area contributed by atoms with Crippen LogP contribution >= 0.6 is 11.6 Å². The summed E-state index contributed by atoms with van der Waals surface area (Å²) in [6.07, 6.45) is 0. The number of rotatable bonds is 2. The van der Waals surface area contributed by atoms with E-state index in [0.29, 0.717) is 23.4 Å². The number of carbonyl (C=O) groups is 2. The quantitative estimate of drug-likeness (QED) is 0.475. The SMILES string of the molecule is CN1C(=O)/C(=N\OC(=O)c2cc(F)c(F)cc2Cl)c2ccccc21. The number of halogens is 3. The van der Waals surface area contributed by atoms with Crippen LogP contribution in [0, 0.1) is 11.6 Å². The summed E-state index contributed by atoms with van der Waals surface area (Å²) >= 11 is 5.69. The van der Waals surface area contributed by atoms with Crippen molar-refractivity contribution in [1.29, 1.82) is 0 Å². The van der Waals surface area contributed by atoms with Gasteiger partial charge >= 0.3 is 5.97 Å². The molecule has 0 fully saturated rings. The van der Waals surface area contributed by atoms with Crippen molar-refractivity contribution in [3.63, 3.8) is 0 Å². The molecule has 0 radical (unpaired) electrons. The van der Waals surface area contributed by atoms with Crippen molar-refractivity contribution in [3.8, 4) is 0 Å². The van der Waals surface area contributed by atoms with Crippen LogP contribution in [0.4, 0.5) is 14.5 Å². The smallest absolute Gasteiger partial charge is 0.312 e. The monoisotopic (exact) mass is 350 g/mol. The van der Waals surface area contributed by atoms with Gasteiger partial charge in [0.25, 0.3) is 5.91 Å². The van der Waals surface area contributed by atoms with Gasteiger partial charge in [0.05, 0.1) is 16.3 Å². The summed E-state index contributed by atoms with van der Waals surface area (Å²) in [6.45, 7) is 0. The van der Waals surface area contributed by atoms with Gasteiger partial charge in [0.2, 0.25) is 0 Å². The highest BCUT2D eigenvalue weighted by Crippen LogP contribution is 2.28. The van der Waals surface area contributed by atoms with Crippen molar-refractivity contribution < 1.29 is 23.2 Å². The van der Waals surface area contributed by atoms with Crippen LogP contribution in [0.2, 0.25) is 5.02 Å². The highest BCUT2D eigenvalue weighted by molar-refractivity contribution is 6.54. The van der Waals surface area contributed by atoms with Crippen LogP contribution in [0.25, 0.3) is 0 Å². The minimum atomic E-state index is -1.25. The second-order valence-electron chi connectivity index (χ2n) is 4.95. The number of hydrogen-bond acceptors (Lipinski definition) is 4. The van der Waals surface area contributed by atoms with Gasteiger partial charge in [0.1, 0.15) is 0 Å². The molecule has 24 heavy (non-hydrogen) atoms. The molecule has 0 saturated carbocycles. The van der Waals surface area contributed by atoms with E-state index in [2.05, 4.69) is 5.16 Å². The van der Waals surface area contributed by atoms with Gasteiger partial charge < -0.3 is 9.74 Å². The van der Waals surface area contributed by atoms with E-state index >= 15 is 0 Å². The Morgan fingerprint density at radius 1 is 1.21 bits per heavy atom. The summed E-state index contributed by atoms with van der Waals surface area (Å²) in [5, 5.41) is 3.24. The molecule has 122 valence electrons. The first-order valence-corrected chi connectivity index (χ1v) is 7.09. The molecule has 2 aromatic carbocycles. The molecule has 1 amide bonds. The Hall–Kier alpha value is -2.80. The van der Waals surface area contributed by atoms with E-state index in [1.807, 2.05) is 0 Å². The van der Waals surface area contributed by atoms with Crippen LogP contribution < -0.4 is 4.90 Å². The van der Waals surface area contributed by atoms with Gasteiger partial charge in [0.15, 0.2) is 17.3 Å². The van der Waals surface area contributed by atoms with E-state index in [1.54, 1.807) is 31.3 Å². The number of para-hydroxylation sites is 1. The molecule has 1 heterocycles. The Labute approximate surface area is 140 Å². The lowest BCUT2D eigenvalue weighted by Crippen LogP contribution is -2.26. The van der Waals surface area contributed by atoms with Crippen molar-refractivity contribution in [2.24, 2.45) is 5.16 Å². The lowest BCUT2D eigenvalue weighted by molar-refractivity contribution is -0.112. The van der Waals surface area contributed by atoms with Crippen molar-refractivity contribution in [3.05, 3.63) is 64.2 Å². The highest BCUT2D eigenvalue weighted by atomic mass is 35.5. The fourth-order valence-electron chi connectivity index (χ4n) is 2.25. The molecule has 1 aliphatic heterocycles. The Bertz CT molecular complexity index is 899. The molecule has 8 heteroatoms. The number of hydrogen-bond donors (Lipinski definition) is 0. The number of fused-ring (bicyclic) bond motifs is 1. The van der Waals surface area contributed by atoms with E-state index < -0.39 is 29.1 Å². The van der Waals surface area contributed by atoms with Crippen LogP contribution in [-0.4, -0.2) is 24.6 Å². The minimum absolute atomic E-state index is 0.0693. The zero-order valence-corrected chi connectivity index (χ0v) is 13.0. The topological polar surface area (TPSA) is 59.0 Å². The summed E-state index contributed by atoms with van der Waals surface area (Å²) in [4.78, 5) is 30.1. The molecule has 2 aromatic rings. The molecule has 0 bridgehead atoms. The molecule has 0 N–H and O–H groups in total. The average molecular weight is 351 g/mol. The van der Waals surface area contributed by atoms with Crippen molar-refractivity contribution >= 4 is 34.9 Å². The normalized spacial score (nSPS) is 14.9. The van der Waals surface area contributed by atoms with Crippen LogP contribution in [0.15, 0.2) is 41.6 Å². The number of anilines is 1. The fraction of sp³-hybridized carbons (Fsp3) is 0.0625. The molecular formula is C16H9ClF2N2O3. The van der Waals surface area contributed by atoms with Gasteiger partial charge in [-0.3, -0.25) is 4.79 Å². The summed E-state index contributed by atoms with van der Waals surface area (Å²) in [6, 6.07) is 8.08. The molecule has 0 unspecified atom stereocenters. The number of amides is 1. The number of nitrogens with zero attached hydrogens (tertiary/aromatic N) is 2. The van der Waals surface area contributed by atoms with Crippen molar-refractivity contribution in [2.75, 3.05) is 11.9 Å². The van der Waals surface area contributed by atoms with E-state index in [1.165, 1.54) is 4.90 Å². The average Bonchev–Trinajstić information content (AvgIpc) is 2.80. The van der Waals surface area contributed by atoms with Crippen LogP contribution in [0.5, 0.6) is 0 Å². The van der Waals surface area contributed by atoms with Gasteiger partial charge in [0, 0.05) is 12.6 Å². The summed E-state index contributed by atoms with van der Waals surface area (Å²) in [7, 11) is 1.55. The molecular weight excluding hydrogens is 342 g/mol. The van der Waals surface area contributed by atoms with E-state index in [9.17, 15) is 18.4 Å². The first-order chi connectivity index (χ1) is 11.4. The maximum Gasteiger partial charge on any atom is 0.367 e. The Morgan fingerprint density at radius 2 is 1.88 bits per heavy atom. The lowest BCUT2D eigenvalue weighted by atomic mass is 10.1. The number of carbonyl (C=O) groups excluding carboxylic acids is 2. The van der Waals surface area contributed by atoms with Gasteiger partial charge in [-0.2, -0.15) is 0 Å². The minimum Gasteiger partial charge on any atom is -0.312 e. The third-order valence-corrected chi connectivity index (χ3v) is 3.79. The molecule has 0 aliphatic carbocycles. The predicted octanol–water partition coefficient (Wildman–Crippen LogP) is 3.16. The molecule has 0 spiro atoms. The largest absolute Gasteiger partial charge is 0.367 e. The fourth-order valence-corrected chi connectivity index (χ4v) is 2.48. The van der Waals surface area contributed by atoms with Crippen molar-refractivity contribution in [1.82, 2.24) is 0 Å². The number of likely N-dealkylation sites (N-methyl/N-ethyl adjacent to an activating group) is 1. The second kappa shape index (κ2) is 6.01. The first-order valence-electron chi connectivity index (χ1n) is 6.71. The Kier molecular flexibility index (Phi) is 4.02. The highest BCUT2D eigenvalue weighted by Gasteiger charge is 2.32. The lowest BCUT2D eigenvalue weighted by Gasteiger charge is -2.07. The summed E-state index contributed by atoms with van der Waals surface area (Å²) in [5.74, 6) is -4.00. The maximum absolute atomic E-state index is 13.2. The first kappa shape index (κ1) is 16.1. The van der Waals surface area contributed by atoms with E-state index in [-0.39, 0.29) is 10.7 Å². The third-order valence-electron chi connectivity index (χ3n) is 3.48. The molecule has 0 aromatic heterocycles. The second-order valence-corrected chi connectivity index (χ2v) is 5.35. The summed E-state index contributed by atoms with van der Waals surface area (Å²) < 4.78 is 26.3. The van der Waals surface area contributed by atoms with Crippen LogP contribution in [0.3, 0.4) is 0 Å². The molecule has 5 nitrogen and oxygen atoms in total. The maximum atomic E-state index is 13.2. The zero-order valence-electron chi connectivity index (χ0n) is 12.2.